The third kappa shape index (κ3) is 3.56. The molecular formula is C22H22N2OS. The minimum atomic E-state index is 0.178. The largest absolute Gasteiger partial charge is 0.335 e. The van der Waals surface area contributed by atoms with Gasteiger partial charge in [-0.1, -0.05) is 60.2 Å². The van der Waals surface area contributed by atoms with Crippen LogP contribution in [0.15, 0.2) is 60.0 Å². The van der Waals surface area contributed by atoms with Crippen LogP contribution >= 0.6 is 11.3 Å². The maximum absolute atomic E-state index is 12.9. The highest BCUT2D eigenvalue weighted by molar-refractivity contribution is 7.13. The molecule has 1 aliphatic rings. The zero-order valence-electron chi connectivity index (χ0n) is 14.9. The lowest BCUT2D eigenvalue weighted by Crippen LogP contribution is -2.31. The summed E-state index contributed by atoms with van der Waals surface area (Å²) < 4.78 is 0. The molecule has 0 spiro atoms. The van der Waals surface area contributed by atoms with Crippen LogP contribution in [-0.4, -0.2) is 22.3 Å². The molecule has 2 aromatic carbocycles. The minimum Gasteiger partial charge on any atom is -0.335 e. The van der Waals surface area contributed by atoms with Gasteiger partial charge in [0, 0.05) is 17.5 Å². The number of benzene rings is 2. The number of carbonyl (C=O) groups is 1. The summed E-state index contributed by atoms with van der Waals surface area (Å²) in [7, 11) is 0. The van der Waals surface area contributed by atoms with Crippen molar-refractivity contribution in [3.8, 4) is 10.6 Å². The van der Waals surface area contributed by atoms with Gasteiger partial charge >= 0.3 is 0 Å². The highest BCUT2D eigenvalue weighted by atomic mass is 32.1. The van der Waals surface area contributed by atoms with Gasteiger partial charge in [-0.15, -0.1) is 11.3 Å². The van der Waals surface area contributed by atoms with E-state index in [1.807, 2.05) is 28.5 Å². The molecule has 0 N–H and O–H groups in total. The SMILES string of the molecule is Cc1ccc(-c2nc(CC(=O)N3CCCC3c3ccccc3)cs2)cc1. The summed E-state index contributed by atoms with van der Waals surface area (Å²) >= 11 is 1.61. The summed E-state index contributed by atoms with van der Waals surface area (Å²) in [6, 6.07) is 18.9. The van der Waals surface area contributed by atoms with Gasteiger partial charge in [0.15, 0.2) is 0 Å². The Labute approximate surface area is 158 Å². The topological polar surface area (TPSA) is 33.2 Å². The van der Waals surface area contributed by atoms with E-state index in [1.54, 1.807) is 11.3 Å². The van der Waals surface area contributed by atoms with E-state index in [9.17, 15) is 4.79 Å². The van der Waals surface area contributed by atoms with E-state index in [2.05, 4.69) is 43.3 Å². The molecule has 1 fully saturated rings. The van der Waals surface area contributed by atoms with Crippen molar-refractivity contribution in [3.05, 3.63) is 76.8 Å². The molecule has 3 aromatic rings. The third-order valence-electron chi connectivity index (χ3n) is 4.94. The predicted octanol–water partition coefficient (Wildman–Crippen LogP) is 5.02. The van der Waals surface area contributed by atoms with Crippen LogP contribution in [0.5, 0.6) is 0 Å². The summed E-state index contributed by atoms with van der Waals surface area (Å²) in [6.45, 7) is 2.92. The fourth-order valence-corrected chi connectivity index (χ4v) is 4.39. The Morgan fingerprint density at radius 1 is 1.15 bits per heavy atom. The van der Waals surface area contributed by atoms with E-state index < -0.39 is 0 Å². The summed E-state index contributed by atoms with van der Waals surface area (Å²) in [5.74, 6) is 0.178. The summed E-state index contributed by atoms with van der Waals surface area (Å²) in [5.41, 5.74) is 4.45. The van der Waals surface area contributed by atoms with Crippen LogP contribution in [-0.2, 0) is 11.2 Å². The third-order valence-corrected chi connectivity index (χ3v) is 5.88. The Bertz CT molecular complexity index is 886. The normalized spacial score (nSPS) is 16.8. The lowest BCUT2D eigenvalue weighted by atomic mass is 10.0. The molecule has 1 amide bonds. The molecule has 132 valence electrons. The Balaban J connectivity index is 1.47. The smallest absolute Gasteiger partial charge is 0.229 e. The van der Waals surface area contributed by atoms with Gasteiger partial charge in [-0.05, 0) is 25.3 Å². The standard InChI is InChI=1S/C22H22N2OS/c1-16-9-11-18(12-10-16)22-23-19(15-26-22)14-21(25)24-13-5-8-20(24)17-6-3-2-4-7-17/h2-4,6-7,9-12,15,20H,5,8,13-14H2,1H3. The Hall–Kier alpha value is -2.46. The number of thiazole rings is 1. The fraction of sp³-hybridized carbons (Fsp3) is 0.273. The molecule has 26 heavy (non-hydrogen) atoms. The molecule has 0 bridgehead atoms. The molecule has 0 radical (unpaired) electrons. The van der Waals surface area contributed by atoms with E-state index in [0.717, 1.165) is 35.7 Å². The van der Waals surface area contributed by atoms with Crippen molar-refractivity contribution in [3.63, 3.8) is 0 Å². The van der Waals surface area contributed by atoms with Crippen molar-refractivity contribution in [2.75, 3.05) is 6.54 Å². The Morgan fingerprint density at radius 2 is 1.92 bits per heavy atom. The van der Waals surface area contributed by atoms with E-state index in [-0.39, 0.29) is 11.9 Å². The maximum atomic E-state index is 12.9. The summed E-state index contributed by atoms with van der Waals surface area (Å²) in [6.07, 6.45) is 2.49. The summed E-state index contributed by atoms with van der Waals surface area (Å²) in [4.78, 5) is 19.6. The van der Waals surface area contributed by atoms with Crippen LogP contribution in [0.25, 0.3) is 10.6 Å². The van der Waals surface area contributed by atoms with Crippen LogP contribution < -0.4 is 0 Å². The average Bonchev–Trinajstić information content (AvgIpc) is 3.32. The van der Waals surface area contributed by atoms with E-state index in [1.165, 1.54) is 11.1 Å². The zero-order chi connectivity index (χ0) is 17.9. The van der Waals surface area contributed by atoms with E-state index in [4.69, 9.17) is 4.98 Å². The van der Waals surface area contributed by atoms with Gasteiger partial charge in [0.1, 0.15) is 5.01 Å². The highest BCUT2D eigenvalue weighted by Gasteiger charge is 2.30. The van der Waals surface area contributed by atoms with Crippen LogP contribution in [0.2, 0.25) is 0 Å². The first-order valence-corrected chi connectivity index (χ1v) is 9.94. The monoisotopic (exact) mass is 362 g/mol. The minimum absolute atomic E-state index is 0.178. The number of carbonyl (C=O) groups excluding carboxylic acids is 1. The first-order chi connectivity index (χ1) is 12.7. The molecule has 1 aromatic heterocycles. The van der Waals surface area contributed by atoms with E-state index in [0.29, 0.717) is 6.42 Å². The van der Waals surface area contributed by atoms with Crippen molar-refractivity contribution < 1.29 is 4.79 Å². The second-order valence-electron chi connectivity index (χ2n) is 6.84. The quantitative estimate of drug-likeness (QED) is 0.652. The number of aryl methyl sites for hydroxylation is 1. The molecule has 0 aliphatic carbocycles. The second-order valence-corrected chi connectivity index (χ2v) is 7.70. The molecule has 1 saturated heterocycles. The van der Waals surface area contributed by atoms with Crippen molar-refractivity contribution in [2.45, 2.75) is 32.2 Å². The number of likely N-dealkylation sites (tertiary alicyclic amines) is 1. The van der Waals surface area contributed by atoms with Gasteiger partial charge in [-0.3, -0.25) is 4.79 Å². The number of amides is 1. The van der Waals surface area contributed by atoms with Gasteiger partial charge in [0.05, 0.1) is 18.2 Å². The molecule has 3 nitrogen and oxygen atoms in total. The lowest BCUT2D eigenvalue weighted by molar-refractivity contribution is -0.131. The average molecular weight is 362 g/mol. The second kappa shape index (κ2) is 7.42. The highest BCUT2D eigenvalue weighted by Crippen LogP contribution is 2.32. The van der Waals surface area contributed by atoms with E-state index >= 15 is 0 Å². The zero-order valence-corrected chi connectivity index (χ0v) is 15.7. The maximum Gasteiger partial charge on any atom is 0.229 e. The Kier molecular flexibility index (Phi) is 4.85. The number of hydrogen-bond acceptors (Lipinski definition) is 3. The molecular weight excluding hydrogens is 340 g/mol. The van der Waals surface area contributed by atoms with Crippen molar-refractivity contribution in [2.24, 2.45) is 0 Å². The molecule has 0 saturated carbocycles. The number of aromatic nitrogens is 1. The number of nitrogens with zero attached hydrogens (tertiary/aromatic N) is 2. The first-order valence-electron chi connectivity index (χ1n) is 9.06. The predicted molar refractivity (Wildman–Crippen MR) is 106 cm³/mol. The van der Waals surface area contributed by atoms with Gasteiger partial charge in [-0.2, -0.15) is 0 Å². The number of hydrogen-bond donors (Lipinski definition) is 0. The van der Waals surface area contributed by atoms with Crippen molar-refractivity contribution in [1.29, 1.82) is 0 Å². The fourth-order valence-electron chi connectivity index (χ4n) is 3.56. The van der Waals surface area contributed by atoms with Crippen molar-refractivity contribution >= 4 is 17.2 Å². The van der Waals surface area contributed by atoms with Crippen LogP contribution in [0.4, 0.5) is 0 Å². The van der Waals surface area contributed by atoms with Crippen LogP contribution in [0, 0.1) is 6.92 Å². The van der Waals surface area contributed by atoms with Gasteiger partial charge < -0.3 is 4.90 Å². The Morgan fingerprint density at radius 3 is 2.69 bits per heavy atom. The molecule has 4 heteroatoms. The van der Waals surface area contributed by atoms with Gasteiger partial charge in [0.25, 0.3) is 0 Å². The lowest BCUT2D eigenvalue weighted by Gasteiger charge is -2.25. The van der Waals surface area contributed by atoms with Crippen LogP contribution in [0.1, 0.15) is 35.7 Å². The summed E-state index contributed by atoms with van der Waals surface area (Å²) in [5, 5.41) is 2.99. The van der Waals surface area contributed by atoms with Crippen molar-refractivity contribution in [1.82, 2.24) is 9.88 Å². The molecule has 1 aliphatic heterocycles. The van der Waals surface area contributed by atoms with Gasteiger partial charge in [-0.25, -0.2) is 4.98 Å². The first kappa shape index (κ1) is 17.0. The number of rotatable bonds is 4. The molecule has 1 unspecified atom stereocenters. The van der Waals surface area contributed by atoms with Gasteiger partial charge in [0.2, 0.25) is 5.91 Å². The molecule has 2 heterocycles. The molecule has 1 atom stereocenters. The van der Waals surface area contributed by atoms with Crippen LogP contribution in [0.3, 0.4) is 0 Å². The molecule has 4 rings (SSSR count).